The van der Waals surface area contributed by atoms with Gasteiger partial charge >= 0.3 is 0 Å². The van der Waals surface area contributed by atoms with E-state index in [-0.39, 0.29) is 0 Å². The van der Waals surface area contributed by atoms with Crippen molar-refractivity contribution in [2.24, 2.45) is 0 Å². The molecule has 0 bridgehead atoms. The highest BCUT2D eigenvalue weighted by Crippen LogP contribution is 2.31. The van der Waals surface area contributed by atoms with E-state index in [1.54, 1.807) is 11.8 Å². The zero-order valence-electron chi connectivity index (χ0n) is 8.51. The van der Waals surface area contributed by atoms with Gasteiger partial charge in [-0.25, -0.2) is 0 Å². The van der Waals surface area contributed by atoms with Crippen molar-refractivity contribution in [3.63, 3.8) is 0 Å². The van der Waals surface area contributed by atoms with Gasteiger partial charge in [-0.2, -0.15) is 0 Å². The molecule has 0 unspecified atom stereocenters. The Kier molecular flexibility index (Phi) is 2.43. The first kappa shape index (κ1) is 9.55. The van der Waals surface area contributed by atoms with Crippen LogP contribution in [-0.2, 0) is 0 Å². The Morgan fingerprint density at radius 3 is 2.69 bits per heavy atom. The zero-order valence-corrected chi connectivity index (χ0v) is 9.33. The van der Waals surface area contributed by atoms with E-state index in [0.717, 1.165) is 21.0 Å². The fraction of sp³-hybridized carbons (Fsp3) is 0. The molecule has 1 nitrogen and oxygen atoms in total. The number of furan rings is 1. The minimum absolute atomic E-state index is 0.906. The Morgan fingerprint density at radius 2 is 1.88 bits per heavy atom. The molecule has 1 aromatic heterocycles. The molecule has 1 heterocycles. The highest BCUT2D eigenvalue weighted by atomic mass is 32.2. The third-order valence-electron chi connectivity index (χ3n) is 2.29. The van der Waals surface area contributed by atoms with Gasteiger partial charge in [-0.15, -0.1) is 0 Å². The van der Waals surface area contributed by atoms with Crippen molar-refractivity contribution in [2.75, 3.05) is 0 Å². The van der Waals surface area contributed by atoms with Crippen molar-refractivity contribution < 1.29 is 4.42 Å². The van der Waals surface area contributed by atoms with Crippen LogP contribution in [0.1, 0.15) is 0 Å². The number of hydrogen-bond acceptors (Lipinski definition) is 2. The summed E-state index contributed by atoms with van der Waals surface area (Å²) in [5.41, 5.74) is 0.931. The van der Waals surface area contributed by atoms with Crippen LogP contribution < -0.4 is 0 Å². The molecule has 0 spiro atoms. The van der Waals surface area contributed by atoms with Crippen molar-refractivity contribution >= 4 is 22.7 Å². The molecule has 16 heavy (non-hydrogen) atoms. The minimum atomic E-state index is 0.906. The standard InChI is InChI=1S/C14H9OS/c1-2-7-12(8-3-1)16-14-10-11-6-4-5-9-13(11)15-14/h1-7,9-10H. The van der Waals surface area contributed by atoms with E-state index >= 15 is 0 Å². The maximum atomic E-state index is 5.71. The molecule has 0 N–H and O–H groups in total. The molecule has 1 radical (unpaired) electrons. The van der Waals surface area contributed by atoms with Gasteiger partial charge in [0.25, 0.3) is 0 Å². The zero-order chi connectivity index (χ0) is 10.8. The summed E-state index contributed by atoms with van der Waals surface area (Å²) in [7, 11) is 0. The number of benzene rings is 2. The number of para-hydroxylation sites is 1. The maximum Gasteiger partial charge on any atom is 0.166 e. The summed E-state index contributed by atoms with van der Waals surface area (Å²) in [4.78, 5) is 1.07. The molecule has 0 atom stereocenters. The van der Waals surface area contributed by atoms with Crippen LogP contribution in [0.2, 0.25) is 0 Å². The van der Waals surface area contributed by atoms with Gasteiger partial charge in [0.15, 0.2) is 5.09 Å². The Bertz CT molecular complexity index is 565. The monoisotopic (exact) mass is 225 g/mol. The smallest absolute Gasteiger partial charge is 0.166 e. The highest BCUT2D eigenvalue weighted by molar-refractivity contribution is 7.99. The molecule has 3 rings (SSSR count). The van der Waals surface area contributed by atoms with Gasteiger partial charge < -0.3 is 4.42 Å². The van der Waals surface area contributed by atoms with Crippen molar-refractivity contribution in [3.8, 4) is 0 Å². The van der Waals surface area contributed by atoms with Crippen molar-refractivity contribution in [1.82, 2.24) is 0 Å². The lowest BCUT2D eigenvalue weighted by molar-refractivity contribution is 0.515. The van der Waals surface area contributed by atoms with Crippen LogP contribution in [0.15, 0.2) is 69.0 Å². The first-order valence-electron chi connectivity index (χ1n) is 5.05. The van der Waals surface area contributed by atoms with Crippen LogP contribution in [0.4, 0.5) is 0 Å². The number of hydrogen-bond donors (Lipinski definition) is 0. The Morgan fingerprint density at radius 1 is 1.00 bits per heavy atom. The van der Waals surface area contributed by atoms with E-state index in [2.05, 4.69) is 18.2 Å². The molecule has 0 aliphatic carbocycles. The highest BCUT2D eigenvalue weighted by Gasteiger charge is 2.04. The molecular weight excluding hydrogens is 216 g/mol. The summed E-state index contributed by atoms with van der Waals surface area (Å²) in [5.74, 6) is 0. The molecular formula is C14H9OS. The molecule has 0 saturated heterocycles. The topological polar surface area (TPSA) is 13.1 Å². The summed E-state index contributed by atoms with van der Waals surface area (Å²) >= 11 is 1.59. The maximum absolute atomic E-state index is 5.71. The Hall–Kier alpha value is -1.67. The fourth-order valence-corrected chi connectivity index (χ4v) is 2.36. The van der Waals surface area contributed by atoms with Gasteiger partial charge in [0, 0.05) is 10.3 Å². The lowest BCUT2D eigenvalue weighted by Crippen LogP contribution is -1.68. The molecule has 0 amide bonds. The van der Waals surface area contributed by atoms with Gasteiger partial charge in [0.2, 0.25) is 0 Å². The van der Waals surface area contributed by atoms with Crippen LogP contribution in [0.5, 0.6) is 0 Å². The van der Waals surface area contributed by atoms with Gasteiger partial charge in [-0.05, 0) is 24.3 Å². The Balaban J connectivity index is 1.95. The van der Waals surface area contributed by atoms with Crippen LogP contribution in [0.25, 0.3) is 11.0 Å². The lowest BCUT2D eigenvalue weighted by atomic mass is 10.3. The molecule has 0 saturated carbocycles. The average Bonchev–Trinajstić information content (AvgIpc) is 2.72. The summed E-state index contributed by atoms with van der Waals surface area (Å²) in [5, 5.41) is 2.05. The van der Waals surface area contributed by atoms with Crippen LogP contribution in [0.3, 0.4) is 0 Å². The van der Waals surface area contributed by atoms with Crippen LogP contribution in [-0.4, -0.2) is 0 Å². The number of fused-ring (bicyclic) bond motifs is 1. The third-order valence-corrected chi connectivity index (χ3v) is 3.17. The van der Waals surface area contributed by atoms with E-state index in [0.29, 0.717) is 0 Å². The fourth-order valence-electron chi connectivity index (χ4n) is 1.56. The Labute approximate surface area is 98.1 Å². The van der Waals surface area contributed by atoms with E-state index < -0.39 is 0 Å². The van der Waals surface area contributed by atoms with E-state index in [9.17, 15) is 0 Å². The molecule has 2 aromatic carbocycles. The normalized spacial score (nSPS) is 10.8. The number of rotatable bonds is 2. The first-order valence-corrected chi connectivity index (χ1v) is 5.87. The second-order valence-corrected chi connectivity index (χ2v) is 4.48. The summed E-state index contributed by atoms with van der Waals surface area (Å²) in [6.45, 7) is 0. The first-order chi connectivity index (χ1) is 7.92. The van der Waals surface area contributed by atoms with Crippen molar-refractivity contribution in [3.05, 3.63) is 60.7 Å². The molecule has 3 aromatic rings. The van der Waals surface area contributed by atoms with E-state index in [4.69, 9.17) is 4.42 Å². The van der Waals surface area contributed by atoms with Gasteiger partial charge in [-0.3, -0.25) is 0 Å². The van der Waals surface area contributed by atoms with E-state index in [1.165, 1.54) is 0 Å². The minimum Gasteiger partial charge on any atom is -0.450 e. The molecule has 0 fully saturated rings. The summed E-state index contributed by atoms with van der Waals surface area (Å²) in [6.07, 6.45) is 0. The van der Waals surface area contributed by atoms with Crippen LogP contribution in [0, 0.1) is 6.07 Å². The van der Waals surface area contributed by atoms with Crippen molar-refractivity contribution in [2.45, 2.75) is 9.99 Å². The molecule has 0 aliphatic heterocycles. The second kappa shape index (κ2) is 4.06. The molecule has 77 valence electrons. The quantitative estimate of drug-likeness (QED) is 0.642. The average molecular weight is 225 g/mol. The van der Waals surface area contributed by atoms with Gasteiger partial charge in [0.05, 0.1) is 0 Å². The lowest BCUT2D eigenvalue weighted by Gasteiger charge is -1.94. The van der Waals surface area contributed by atoms with Gasteiger partial charge in [0.1, 0.15) is 5.58 Å². The largest absolute Gasteiger partial charge is 0.450 e. The molecule has 0 aliphatic rings. The van der Waals surface area contributed by atoms with E-state index in [1.807, 2.05) is 42.5 Å². The SMILES string of the molecule is [c]1ccccc1Sc1cc2ccccc2o1. The second-order valence-electron chi connectivity index (χ2n) is 3.43. The van der Waals surface area contributed by atoms with Crippen molar-refractivity contribution in [1.29, 1.82) is 0 Å². The van der Waals surface area contributed by atoms with Crippen LogP contribution >= 0.6 is 11.8 Å². The molecule has 2 heteroatoms. The predicted molar refractivity (Wildman–Crippen MR) is 65.6 cm³/mol. The summed E-state index contributed by atoms with van der Waals surface area (Å²) in [6, 6.07) is 21.1. The third kappa shape index (κ3) is 1.84. The predicted octanol–water partition coefficient (Wildman–Crippen LogP) is 4.38. The van der Waals surface area contributed by atoms with Gasteiger partial charge in [-0.1, -0.05) is 48.2 Å². The summed E-state index contributed by atoms with van der Waals surface area (Å²) < 4.78 is 5.71.